The maximum atomic E-state index is 13.7. The van der Waals surface area contributed by atoms with E-state index in [2.05, 4.69) is 30.3 Å². The molecule has 2 fully saturated rings. The van der Waals surface area contributed by atoms with Crippen LogP contribution in [0.4, 0.5) is 8.78 Å². The average molecular weight is 545 g/mol. The first-order valence-electron chi connectivity index (χ1n) is 13.7. The van der Waals surface area contributed by atoms with Crippen LogP contribution >= 0.6 is 0 Å². The molecule has 0 bridgehead atoms. The van der Waals surface area contributed by atoms with E-state index in [4.69, 9.17) is 15.8 Å². The minimum atomic E-state index is -2.56. The standard InChI is InChI=1S/C29H39F2N5O3/c1-18(37)15-24(32)34-25(38)20-9-13-35(14-10-20)26(39)21-5-6-23-22(16-21)33-27(28(2,3)4)36(23)17-19-7-11-29(30,31)12-8-19/h5-6,15-16,19-20,37H,7-14,17H2,1-4H3,(H2,32,34,38)/p+1/b18-15-. The maximum absolute atomic E-state index is 13.7. The molecule has 2 aromatic rings. The molecule has 1 saturated heterocycles. The van der Waals surface area contributed by atoms with Crippen molar-refractivity contribution in [2.45, 2.75) is 84.1 Å². The van der Waals surface area contributed by atoms with Gasteiger partial charge in [0.1, 0.15) is 11.7 Å². The highest BCUT2D eigenvalue weighted by Gasteiger charge is 2.36. The zero-order chi connectivity index (χ0) is 28.5. The number of benzene rings is 1. The number of hydrogen-bond acceptors (Lipinski definition) is 3. The van der Waals surface area contributed by atoms with Gasteiger partial charge in [0.2, 0.25) is 11.7 Å². The molecule has 1 aliphatic carbocycles. The van der Waals surface area contributed by atoms with E-state index in [-0.39, 0.29) is 53.5 Å². The monoisotopic (exact) mass is 544 g/mol. The number of halogens is 2. The Labute approximate surface area is 228 Å². The van der Waals surface area contributed by atoms with Gasteiger partial charge in [-0.05, 0) is 49.8 Å². The van der Waals surface area contributed by atoms with Crippen molar-refractivity contribution >= 4 is 28.7 Å². The molecule has 0 spiro atoms. The van der Waals surface area contributed by atoms with Gasteiger partial charge < -0.3 is 20.3 Å². The normalized spacial score (nSPS) is 20.0. The number of imidazole rings is 1. The third-order valence-corrected chi connectivity index (χ3v) is 7.68. The lowest BCUT2D eigenvalue weighted by atomic mass is 9.86. The molecule has 212 valence electrons. The molecule has 2 heterocycles. The van der Waals surface area contributed by atoms with E-state index < -0.39 is 5.92 Å². The van der Waals surface area contributed by atoms with Gasteiger partial charge in [-0.25, -0.2) is 13.8 Å². The first kappa shape index (κ1) is 28.7. The quantitative estimate of drug-likeness (QED) is 0.258. The molecule has 1 aliphatic heterocycles. The predicted molar refractivity (Wildman–Crippen MR) is 148 cm³/mol. The van der Waals surface area contributed by atoms with Crippen molar-refractivity contribution in [3.8, 4) is 0 Å². The van der Waals surface area contributed by atoms with Gasteiger partial charge in [0, 0.05) is 56.3 Å². The number of aromatic nitrogens is 2. The molecule has 4 N–H and O–H groups in total. The van der Waals surface area contributed by atoms with Crippen molar-refractivity contribution in [2.24, 2.45) is 22.6 Å². The molecule has 1 saturated carbocycles. The fourth-order valence-corrected chi connectivity index (χ4v) is 5.55. The van der Waals surface area contributed by atoms with Crippen LogP contribution in [-0.2, 0) is 16.8 Å². The Hall–Kier alpha value is -3.30. The molecule has 1 aromatic carbocycles. The number of allylic oxidation sites excluding steroid dienone is 1. The number of carbonyl (C=O) groups excluding carboxylic acids is 2. The Kier molecular flexibility index (Phi) is 8.14. The number of piperidine rings is 1. The van der Waals surface area contributed by atoms with E-state index in [1.165, 1.54) is 6.08 Å². The van der Waals surface area contributed by atoms with Crippen molar-refractivity contribution in [3.63, 3.8) is 0 Å². The number of nitrogens with two attached hydrogens (primary N) is 1. The van der Waals surface area contributed by atoms with Crippen LogP contribution in [0.15, 0.2) is 35.0 Å². The van der Waals surface area contributed by atoms with E-state index in [1.807, 2.05) is 18.2 Å². The van der Waals surface area contributed by atoms with Crippen LogP contribution in [0.3, 0.4) is 0 Å². The van der Waals surface area contributed by atoms with Crippen LogP contribution in [0.2, 0.25) is 0 Å². The lowest BCUT2D eigenvalue weighted by Gasteiger charge is -2.30. The number of fused-ring (bicyclic) bond motifs is 1. The maximum Gasteiger partial charge on any atom is 0.253 e. The Morgan fingerprint density at radius 1 is 1.18 bits per heavy atom. The average Bonchev–Trinajstić information content (AvgIpc) is 3.22. The zero-order valence-corrected chi connectivity index (χ0v) is 23.3. The molecule has 2 aliphatic rings. The number of alkyl halides is 2. The molecule has 1 aromatic heterocycles. The van der Waals surface area contributed by atoms with Crippen LogP contribution < -0.4 is 5.73 Å². The minimum absolute atomic E-state index is 0.0230. The summed E-state index contributed by atoms with van der Waals surface area (Å²) >= 11 is 0. The van der Waals surface area contributed by atoms with Crippen LogP contribution in [0.25, 0.3) is 11.0 Å². The lowest BCUT2D eigenvalue weighted by Crippen LogP contribution is -2.40. The Balaban J connectivity index is 1.48. The van der Waals surface area contributed by atoms with Crippen molar-refractivity contribution in [1.82, 2.24) is 14.5 Å². The molecule has 4 rings (SSSR count). The van der Waals surface area contributed by atoms with Crippen molar-refractivity contribution in [1.29, 1.82) is 0 Å². The van der Waals surface area contributed by atoms with Gasteiger partial charge in [-0.15, -0.1) is 0 Å². The highest BCUT2D eigenvalue weighted by Crippen LogP contribution is 2.38. The van der Waals surface area contributed by atoms with E-state index in [0.717, 1.165) is 16.9 Å². The van der Waals surface area contributed by atoms with E-state index in [0.29, 0.717) is 50.9 Å². The predicted octanol–water partition coefficient (Wildman–Crippen LogP) is 4.52. The Bertz CT molecular complexity index is 1290. The molecule has 2 amide bonds. The second-order valence-corrected chi connectivity index (χ2v) is 12.1. The molecule has 39 heavy (non-hydrogen) atoms. The van der Waals surface area contributed by atoms with Gasteiger partial charge in [-0.2, -0.15) is 4.99 Å². The molecule has 10 heteroatoms. The van der Waals surface area contributed by atoms with Crippen molar-refractivity contribution in [3.05, 3.63) is 41.4 Å². The summed E-state index contributed by atoms with van der Waals surface area (Å²) < 4.78 is 29.6. The third-order valence-electron chi connectivity index (χ3n) is 7.68. The topological polar surface area (TPSA) is 116 Å². The van der Waals surface area contributed by atoms with E-state index in [9.17, 15) is 18.4 Å². The summed E-state index contributed by atoms with van der Waals surface area (Å²) in [5, 5.41) is 7.43. The van der Waals surface area contributed by atoms with Gasteiger partial charge in [-0.1, -0.05) is 20.8 Å². The molecule has 8 nitrogen and oxygen atoms in total. The highest BCUT2D eigenvalue weighted by atomic mass is 19.3. The van der Waals surface area contributed by atoms with Gasteiger partial charge >= 0.3 is 0 Å². The Morgan fingerprint density at radius 2 is 1.82 bits per heavy atom. The number of aliphatic imine (C=N–C) groups is 1. The van der Waals surface area contributed by atoms with Crippen molar-refractivity contribution in [2.75, 3.05) is 13.1 Å². The van der Waals surface area contributed by atoms with Crippen LogP contribution in [-0.4, -0.2) is 56.2 Å². The lowest BCUT2D eigenvalue weighted by molar-refractivity contribution is -0.122. The summed E-state index contributed by atoms with van der Waals surface area (Å²) in [7, 11) is 0. The molecular weight excluding hydrogens is 504 g/mol. The third kappa shape index (κ3) is 6.83. The van der Waals surface area contributed by atoms with Crippen LogP contribution in [0.5, 0.6) is 0 Å². The smallest absolute Gasteiger partial charge is 0.253 e. The minimum Gasteiger partial charge on any atom is -0.597 e. The van der Waals surface area contributed by atoms with E-state index >= 15 is 0 Å². The second-order valence-electron chi connectivity index (χ2n) is 12.1. The second kappa shape index (κ2) is 11.1. The summed E-state index contributed by atoms with van der Waals surface area (Å²) in [6.45, 7) is 9.31. The number of carbonyl (C=O) groups is 2. The molecule has 0 atom stereocenters. The number of likely N-dealkylation sites (tertiary alicyclic amines) is 1. The molecule has 0 radical (unpaired) electrons. The number of amidine groups is 1. The van der Waals surface area contributed by atoms with E-state index in [1.54, 1.807) is 11.8 Å². The summed E-state index contributed by atoms with van der Waals surface area (Å²) in [5.74, 6) is -2.00. The largest absolute Gasteiger partial charge is 0.597 e. The summed E-state index contributed by atoms with van der Waals surface area (Å²) in [6.07, 6.45) is 3.17. The molecule has 0 unspecified atom stereocenters. The number of rotatable bonds is 5. The first-order valence-corrected chi connectivity index (χ1v) is 13.7. The summed E-state index contributed by atoms with van der Waals surface area (Å²) in [6, 6.07) is 5.54. The SMILES string of the molecule is C/C([OH2+])=C/C(N)=NC(=O)C1CCN(C(=O)c2ccc3c(c2)nc(C(C)(C)C)n3CC2CCC(F)(F)CC2)CC1. The highest BCUT2D eigenvalue weighted by molar-refractivity contribution is 6.01. The fourth-order valence-electron chi connectivity index (χ4n) is 5.55. The van der Waals surface area contributed by atoms with Crippen molar-refractivity contribution < 1.29 is 23.5 Å². The van der Waals surface area contributed by atoms with Gasteiger partial charge in [-0.3, -0.25) is 9.59 Å². The van der Waals surface area contributed by atoms with Crippen LogP contribution in [0.1, 0.15) is 82.4 Å². The number of nitrogens with zero attached hydrogens (tertiary/aromatic N) is 4. The summed E-state index contributed by atoms with van der Waals surface area (Å²) in [4.78, 5) is 36.3. The van der Waals surface area contributed by atoms with Gasteiger partial charge in [0.25, 0.3) is 11.8 Å². The fraction of sp³-hybridized carbons (Fsp3) is 0.586. The number of hydrogen-bond donors (Lipinski definition) is 1. The van der Waals surface area contributed by atoms with Gasteiger partial charge in [0.15, 0.2) is 0 Å². The Morgan fingerprint density at radius 3 is 2.41 bits per heavy atom. The first-order chi connectivity index (χ1) is 18.2. The molecular formula is C29H40F2N5O3+. The zero-order valence-electron chi connectivity index (χ0n) is 23.3. The summed E-state index contributed by atoms with van der Waals surface area (Å²) in [5.41, 5.74) is 7.62. The van der Waals surface area contributed by atoms with Crippen LogP contribution in [0, 0.1) is 11.8 Å². The number of amides is 2. The van der Waals surface area contributed by atoms with Gasteiger partial charge in [0.05, 0.1) is 17.1 Å².